The Labute approximate surface area is 105 Å². The van der Waals surface area contributed by atoms with E-state index in [1.165, 1.54) is 22.5 Å². The van der Waals surface area contributed by atoms with Gasteiger partial charge in [0.15, 0.2) is 0 Å². The minimum atomic E-state index is -0.0329. The van der Waals surface area contributed by atoms with Crippen LogP contribution in [-0.4, -0.2) is 22.8 Å². The lowest BCUT2D eigenvalue weighted by Gasteiger charge is -2.17. The Morgan fingerprint density at radius 1 is 1.41 bits per heavy atom. The zero-order chi connectivity index (χ0) is 12.3. The van der Waals surface area contributed by atoms with Crippen molar-refractivity contribution < 1.29 is 4.79 Å². The summed E-state index contributed by atoms with van der Waals surface area (Å²) < 4.78 is 0. The number of hydrogen-bond acceptors (Lipinski definition) is 3. The van der Waals surface area contributed by atoms with Crippen LogP contribution in [0.5, 0.6) is 0 Å². The number of aryl methyl sites for hydroxylation is 1. The third-order valence-electron chi connectivity index (χ3n) is 2.67. The second-order valence-corrected chi connectivity index (χ2v) is 4.68. The highest BCUT2D eigenvalue weighted by molar-refractivity contribution is 7.07. The van der Waals surface area contributed by atoms with Crippen molar-refractivity contribution >= 4 is 17.2 Å². The molecule has 1 amide bonds. The molecule has 0 atom stereocenters. The van der Waals surface area contributed by atoms with Crippen molar-refractivity contribution in [2.75, 3.05) is 7.05 Å². The van der Waals surface area contributed by atoms with Crippen molar-refractivity contribution in [3.63, 3.8) is 0 Å². The summed E-state index contributed by atoms with van der Waals surface area (Å²) >= 11 is 1.44. The van der Waals surface area contributed by atoms with Crippen LogP contribution in [-0.2, 0) is 6.54 Å². The topological polar surface area (TPSA) is 33.2 Å². The van der Waals surface area contributed by atoms with Gasteiger partial charge in [-0.3, -0.25) is 4.79 Å². The van der Waals surface area contributed by atoms with Gasteiger partial charge in [-0.05, 0) is 18.1 Å². The molecule has 0 aliphatic heterocycles. The van der Waals surface area contributed by atoms with E-state index in [4.69, 9.17) is 0 Å². The number of carbonyl (C=O) groups excluding carboxylic acids is 1. The normalized spacial score (nSPS) is 10.2. The van der Waals surface area contributed by atoms with Crippen LogP contribution in [0, 0.1) is 6.92 Å². The van der Waals surface area contributed by atoms with E-state index in [-0.39, 0.29) is 5.91 Å². The van der Waals surface area contributed by atoms with Crippen LogP contribution < -0.4 is 0 Å². The first kappa shape index (κ1) is 11.8. The summed E-state index contributed by atoms with van der Waals surface area (Å²) in [6, 6.07) is 8.08. The van der Waals surface area contributed by atoms with Gasteiger partial charge in [0.1, 0.15) is 5.69 Å². The summed E-state index contributed by atoms with van der Waals surface area (Å²) in [6.45, 7) is 2.67. The quantitative estimate of drug-likeness (QED) is 0.834. The molecule has 1 aromatic heterocycles. The lowest BCUT2D eigenvalue weighted by Crippen LogP contribution is -2.26. The molecule has 0 saturated heterocycles. The standard InChI is InChI=1S/C13H14N2OS/c1-10-5-3-4-6-11(10)7-15(2)13(16)12-8-17-9-14-12/h3-6,8-9H,7H2,1-2H3. The molecule has 2 aromatic rings. The van der Waals surface area contributed by atoms with Crippen LogP contribution in [0.25, 0.3) is 0 Å². The molecule has 4 heteroatoms. The molecular formula is C13H14N2OS. The number of hydrogen-bond donors (Lipinski definition) is 0. The Morgan fingerprint density at radius 2 is 2.18 bits per heavy atom. The first-order chi connectivity index (χ1) is 8.18. The number of carbonyl (C=O) groups is 1. The van der Waals surface area contributed by atoms with E-state index in [1.54, 1.807) is 22.8 Å². The minimum Gasteiger partial charge on any atom is -0.336 e. The molecular weight excluding hydrogens is 232 g/mol. The van der Waals surface area contributed by atoms with Gasteiger partial charge in [0.2, 0.25) is 0 Å². The van der Waals surface area contributed by atoms with E-state index in [0.717, 1.165) is 0 Å². The van der Waals surface area contributed by atoms with Gasteiger partial charge in [0.05, 0.1) is 5.51 Å². The molecule has 0 bridgehead atoms. The van der Waals surface area contributed by atoms with Crippen LogP contribution in [0.4, 0.5) is 0 Å². The summed E-state index contributed by atoms with van der Waals surface area (Å²) in [7, 11) is 1.80. The van der Waals surface area contributed by atoms with E-state index in [9.17, 15) is 4.79 Å². The van der Waals surface area contributed by atoms with Crippen molar-refractivity contribution in [2.45, 2.75) is 13.5 Å². The van der Waals surface area contributed by atoms with E-state index < -0.39 is 0 Å². The first-order valence-corrected chi connectivity index (χ1v) is 6.31. The summed E-state index contributed by atoms with van der Waals surface area (Å²) in [5, 5.41) is 1.77. The molecule has 0 fully saturated rings. The molecule has 88 valence electrons. The maximum Gasteiger partial charge on any atom is 0.273 e. The number of nitrogens with zero attached hydrogens (tertiary/aromatic N) is 2. The lowest BCUT2D eigenvalue weighted by molar-refractivity contribution is 0.0780. The second kappa shape index (κ2) is 5.10. The zero-order valence-electron chi connectivity index (χ0n) is 9.88. The second-order valence-electron chi connectivity index (χ2n) is 3.96. The minimum absolute atomic E-state index is 0.0329. The number of benzene rings is 1. The van der Waals surface area contributed by atoms with E-state index in [0.29, 0.717) is 12.2 Å². The summed E-state index contributed by atoms with van der Waals surface area (Å²) in [4.78, 5) is 17.7. The molecule has 0 radical (unpaired) electrons. The van der Waals surface area contributed by atoms with Crippen molar-refractivity contribution in [3.05, 3.63) is 52.0 Å². The maximum atomic E-state index is 12.0. The number of rotatable bonds is 3. The summed E-state index contributed by atoms with van der Waals surface area (Å²) in [5.74, 6) is -0.0329. The van der Waals surface area contributed by atoms with Crippen molar-refractivity contribution in [1.82, 2.24) is 9.88 Å². The molecule has 0 N–H and O–H groups in total. The van der Waals surface area contributed by atoms with Crippen LogP contribution in [0.3, 0.4) is 0 Å². The van der Waals surface area contributed by atoms with E-state index in [1.807, 2.05) is 18.2 Å². The molecule has 0 aliphatic rings. The first-order valence-electron chi connectivity index (χ1n) is 5.36. The van der Waals surface area contributed by atoms with Crippen LogP contribution in [0.1, 0.15) is 21.6 Å². The molecule has 0 aliphatic carbocycles. The van der Waals surface area contributed by atoms with Crippen molar-refractivity contribution in [2.24, 2.45) is 0 Å². The molecule has 0 saturated carbocycles. The fourth-order valence-electron chi connectivity index (χ4n) is 1.63. The largest absolute Gasteiger partial charge is 0.336 e. The number of thiazole rings is 1. The average molecular weight is 246 g/mol. The molecule has 2 rings (SSSR count). The van der Waals surface area contributed by atoms with Crippen molar-refractivity contribution in [1.29, 1.82) is 0 Å². The maximum absolute atomic E-state index is 12.0. The third-order valence-corrected chi connectivity index (χ3v) is 3.25. The third kappa shape index (κ3) is 2.71. The van der Waals surface area contributed by atoms with E-state index in [2.05, 4.69) is 18.0 Å². The Kier molecular flexibility index (Phi) is 3.54. The van der Waals surface area contributed by atoms with Crippen molar-refractivity contribution in [3.8, 4) is 0 Å². The molecule has 1 heterocycles. The van der Waals surface area contributed by atoms with Gasteiger partial charge in [-0.15, -0.1) is 11.3 Å². The highest BCUT2D eigenvalue weighted by Crippen LogP contribution is 2.12. The number of amides is 1. The van der Waals surface area contributed by atoms with Gasteiger partial charge in [0, 0.05) is 19.0 Å². The van der Waals surface area contributed by atoms with Crippen LogP contribution >= 0.6 is 11.3 Å². The summed E-state index contributed by atoms with van der Waals surface area (Å²) in [6.07, 6.45) is 0. The zero-order valence-corrected chi connectivity index (χ0v) is 10.7. The van der Waals surface area contributed by atoms with Crippen LogP contribution in [0.15, 0.2) is 35.2 Å². The SMILES string of the molecule is Cc1ccccc1CN(C)C(=O)c1cscn1. The van der Waals surface area contributed by atoms with Gasteiger partial charge >= 0.3 is 0 Å². The molecule has 3 nitrogen and oxygen atoms in total. The smallest absolute Gasteiger partial charge is 0.273 e. The van der Waals surface area contributed by atoms with Gasteiger partial charge in [-0.2, -0.15) is 0 Å². The Hall–Kier alpha value is -1.68. The monoisotopic (exact) mass is 246 g/mol. The fourth-order valence-corrected chi connectivity index (χ4v) is 2.15. The Morgan fingerprint density at radius 3 is 2.82 bits per heavy atom. The van der Waals surface area contributed by atoms with Gasteiger partial charge in [-0.1, -0.05) is 24.3 Å². The predicted octanol–water partition coefficient (Wildman–Crippen LogP) is 2.72. The fraction of sp³-hybridized carbons (Fsp3) is 0.231. The van der Waals surface area contributed by atoms with Crippen LogP contribution in [0.2, 0.25) is 0 Å². The highest BCUT2D eigenvalue weighted by Gasteiger charge is 2.14. The predicted molar refractivity (Wildman–Crippen MR) is 69.1 cm³/mol. The summed E-state index contributed by atoms with van der Waals surface area (Å²) in [5.41, 5.74) is 4.56. The molecule has 17 heavy (non-hydrogen) atoms. The lowest BCUT2D eigenvalue weighted by atomic mass is 10.1. The molecule has 0 unspecified atom stereocenters. The van der Waals surface area contributed by atoms with Gasteiger partial charge in [-0.25, -0.2) is 4.98 Å². The van der Waals surface area contributed by atoms with Gasteiger partial charge < -0.3 is 4.90 Å². The Balaban J connectivity index is 2.10. The van der Waals surface area contributed by atoms with Gasteiger partial charge in [0.25, 0.3) is 5.91 Å². The Bertz CT molecular complexity index is 508. The molecule has 0 spiro atoms. The van der Waals surface area contributed by atoms with E-state index >= 15 is 0 Å². The number of aromatic nitrogens is 1. The highest BCUT2D eigenvalue weighted by atomic mass is 32.1. The molecule has 1 aromatic carbocycles. The average Bonchev–Trinajstić information content (AvgIpc) is 2.84.